The van der Waals surface area contributed by atoms with Gasteiger partial charge in [0, 0.05) is 19.1 Å². The molecule has 0 atom stereocenters. The van der Waals surface area contributed by atoms with Gasteiger partial charge < -0.3 is 4.74 Å². The first-order valence-electron chi connectivity index (χ1n) is 7.24. The van der Waals surface area contributed by atoms with Crippen molar-refractivity contribution in [2.75, 3.05) is 19.7 Å². The number of hydrogen-bond donors (Lipinski definition) is 0. The quantitative estimate of drug-likeness (QED) is 0.806. The normalized spacial score (nSPS) is 20.5. The summed E-state index contributed by atoms with van der Waals surface area (Å²) in [6, 6.07) is 1.77. The van der Waals surface area contributed by atoms with Crippen molar-refractivity contribution in [2.45, 2.75) is 23.8 Å². The lowest BCUT2D eigenvalue weighted by Gasteiger charge is -2.34. The van der Waals surface area contributed by atoms with Crippen molar-refractivity contribution in [1.29, 1.82) is 0 Å². The summed E-state index contributed by atoms with van der Waals surface area (Å²) in [5.41, 5.74) is 0. The van der Waals surface area contributed by atoms with Crippen LogP contribution in [0.5, 0.6) is 0 Å². The highest BCUT2D eigenvalue weighted by molar-refractivity contribution is 7.89. The minimum Gasteiger partial charge on any atom is -0.439 e. The number of hydrogen-bond acceptors (Lipinski definition) is 5. The number of carbonyl (C=O) groups is 2. The molecule has 1 aromatic carbocycles. The van der Waals surface area contributed by atoms with Crippen molar-refractivity contribution in [2.24, 2.45) is 0 Å². The summed E-state index contributed by atoms with van der Waals surface area (Å²) in [4.78, 5) is 23.4. The second kappa shape index (κ2) is 6.10. The molecule has 0 saturated carbocycles. The van der Waals surface area contributed by atoms with Crippen LogP contribution in [0.2, 0.25) is 0 Å². The Labute approximate surface area is 136 Å². The van der Waals surface area contributed by atoms with Gasteiger partial charge in [-0.1, -0.05) is 0 Å². The Morgan fingerprint density at radius 2 is 1.79 bits per heavy atom. The maximum atomic E-state index is 13.8. The molecule has 3 rings (SSSR count). The third-order valence-corrected chi connectivity index (χ3v) is 6.00. The number of benzene rings is 1. The number of ether oxygens (including phenoxy) is 1. The first kappa shape index (κ1) is 16.8. The molecule has 1 aromatic rings. The third kappa shape index (κ3) is 2.86. The molecule has 24 heavy (non-hydrogen) atoms. The zero-order chi connectivity index (χ0) is 17.5. The van der Waals surface area contributed by atoms with Crippen molar-refractivity contribution in [3.8, 4) is 0 Å². The predicted molar refractivity (Wildman–Crippen MR) is 76.3 cm³/mol. The van der Waals surface area contributed by atoms with E-state index in [1.807, 2.05) is 0 Å². The highest BCUT2D eigenvalue weighted by atomic mass is 32.2. The zero-order valence-corrected chi connectivity index (χ0v) is 13.3. The molecule has 2 fully saturated rings. The van der Waals surface area contributed by atoms with Crippen LogP contribution in [0, 0.1) is 11.6 Å². The Hall–Kier alpha value is -2.07. The molecule has 2 saturated heterocycles. The average Bonchev–Trinajstić information content (AvgIpc) is 2.88. The number of piperidine rings is 1. The Balaban J connectivity index is 1.75. The van der Waals surface area contributed by atoms with Crippen LogP contribution in [-0.4, -0.2) is 55.4 Å². The van der Waals surface area contributed by atoms with Crippen LogP contribution in [-0.2, 0) is 19.6 Å². The largest absolute Gasteiger partial charge is 0.439 e. The molecule has 2 amide bonds. The van der Waals surface area contributed by atoms with E-state index in [1.165, 1.54) is 0 Å². The predicted octanol–water partition coefficient (Wildman–Crippen LogP) is 1.10. The van der Waals surface area contributed by atoms with E-state index in [-0.39, 0.29) is 32.5 Å². The van der Waals surface area contributed by atoms with Gasteiger partial charge in [0.05, 0.1) is 0 Å². The molecule has 7 nitrogen and oxygen atoms in total. The van der Waals surface area contributed by atoms with Crippen LogP contribution in [0.4, 0.5) is 13.6 Å². The third-order valence-electron chi connectivity index (χ3n) is 4.08. The molecule has 10 heteroatoms. The lowest BCUT2D eigenvalue weighted by atomic mass is 10.1. The number of amides is 2. The van der Waals surface area contributed by atoms with E-state index in [9.17, 15) is 26.8 Å². The highest BCUT2D eigenvalue weighted by Gasteiger charge is 2.40. The number of nitrogens with zero attached hydrogens (tertiary/aromatic N) is 2. The fourth-order valence-corrected chi connectivity index (χ4v) is 4.42. The van der Waals surface area contributed by atoms with Gasteiger partial charge in [0.2, 0.25) is 10.0 Å². The molecule has 2 aliphatic rings. The van der Waals surface area contributed by atoms with Gasteiger partial charge in [-0.25, -0.2) is 26.9 Å². The summed E-state index contributed by atoms with van der Waals surface area (Å²) < 4.78 is 57.6. The van der Waals surface area contributed by atoms with Gasteiger partial charge in [-0.15, -0.1) is 0 Å². The van der Waals surface area contributed by atoms with Crippen molar-refractivity contribution < 1.29 is 31.5 Å². The Morgan fingerprint density at radius 1 is 1.12 bits per heavy atom. The van der Waals surface area contributed by atoms with Gasteiger partial charge in [0.25, 0.3) is 5.91 Å². The van der Waals surface area contributed by atoms with Crippen molar-refractivity contribution in [3.05, 3.63) is 29.8 Å². The standard InChI is InChI=1S/C14H14F2N2O5S/c15-9-1-2-11(16)12(7-9)24(21,22)17-5-3-10(4-6-17)18-13(19)8-23-14(18)20/h1-2,7,10H,3-6,8H2. The lowest BCUT2D eigenvalue weighted by molar-refractivity contribution is -0.127. The molecule has 0 N–H and O–H groups in total. The minimum absolute atomic E-state index is 0.0139. The Kier molecular flexibility index (Phi) is 4.26. The summed E-state index contributed by atoms with van der Waals surface area (Å²) in [5.74, 6) is -2.34. The van der Waals surface area contributed by atoms with E-state index in [0.29, 0.717) is 6.07 Å². The average molecular weight is 360 g/mol. The summed E-state index contributed by atoms with van der Waals surface area (Å²) in [6.07, 6.45) is -0.328. The zero-order valence-electron chi connectivity index (χ0n) is 12.4. The summed E-state index contributed by atoms with van der Waals surface area (Å²) in [6.45, 7) is -0.341. The van der Waals surface area contributed by atoms with E-state index < -0.39 is 44.6 Å². The minimum atomic E-state index is -4.19. The first-order chi connectivity index (χ1) is 11.3. The van der Waals surface area contributed by atoms with Crippen molar-refractivity contribution in [1.82, 2.24) is 9.21 Å². The number of imide groups is 1. The second-order valence-electron chi connectivity index (χ2n) is 5.53. The lowest BCUT2D eigenvalue weighted by Crippen LogP contribution is -2.48. The van der Waals surface area contributed by atoms with Crippen LogP contribution in [0.15, 0.2) is 23.1 Å². The number of halogens is 2. The molecule has 0 radical (unpaired) electrons. The highest BCUT2D eigenvalue weighted by Crippen LogP contribution is 2.26. The van der Waals surface area contributed by atoms with Crippen molar-refractivity contribution in [3.63, 3.8) is 0 Å². The number of carbonyl (C=O) groups excluding carboxylic acids is 2. The molecule has 0 unspecified atom stereocenters. The molecular formula is C14H14F2N2O5S. The van der Waals surface area contributed by atoms with Crippen LogP contribution in [0.3, 0.4) is 0 Å². The van der Waals surface area contributed by atoms with Gasteiger partial charge in [0.1, 0.15) is 16.5 Å². The molecule has 2 aliphatic heterocycles. The second-order valence-corrected chi connectivity index (χ2v) is 7.43. The topological polar surface area (TPSA) is 84.0 Å². The van der Waals surface area contributed by atoms with Crippen molar-refractivity contribution >= 4 is 22.0 Å². The summed E-state index contributed by atoms with van der Waals surface area (Å²) >= 11 is 0. The molecule has 2 heterocycles. The van der Waals surface area contributed by atoms with E-state index >= 15 is 0 Å². The molecule has 0 aliphatic carbocycles. The molecule has 0 bridgehead atoms. The maximum Gasteiger partial charge on any atom is 0.417 e. The van der Waals surface area contributed by atoms with Gasteiger partial charge in [-0.2, -0.15) is 4.31 Å². The monoisotopic (exact) mass is 360 g/mol. The molecule has 130 valence electrons. The molecular weight excluding hydrogens is 346 g/mol. The molecule has 0 aromatic heterocycles. The SMILES string of the molecule is O=C1COC(=O)N1C1CCN(S(=O)(=O)c2cc(F)ccc2F)CC1. The number of sulfonamides is 1. The summed E-state index contributed by atoms with van der Waals surface area (Å²) in [7, 11) is -4.19. The fraction of sp³-hybridized carbons (Fsp3) is 0.429. The number of rotatable bonds is 3. The van der Waals surface area contributed by atoms with E-state index in [1.54, 1.807) is 0 Å². The van der Waals surface area contributed by atoms with E-state index in [4.69, 9.17) is 0 Å². The van der Waals surface area contributed by atoms with Gasteiger partial charge in [0.15, 0.2) is 6.61 Å². The van der Waals surface area contributed by atoms with Gasteiger partial charge in [-0.05, 0) is 31.0 Å². The van der Waals surface area contributed by atoms with Gasteiger partial charge in [-0.3, -0.25) is 4.79 Å². The fourth-order valence-electron chi connectivity index (χ4n) is 2.87. The Morgan fingerprint density at radius 3 is 2.38 bits per heavy atom. The maximum absolute atomic E-state index is 13.8. The van der Waals surface area contributed by atoms with Gasteiger partial charge >= 0.3 is 6.09 Å². The smallest absolute Gasteiger partial charge is 0.417 e. The van der Waals surface area contributed by atoms with Crippen LogP contribution < -0.4 is 0 Å². The van der Waals surface area contributed by atoms with E-state index in [0.717, 1.165) is 21.3 Å². The first-order valence-corrected chi connectivity index (χ1v) is 8.69. The molecule has 0 spiro atoms. The number of cyclic esters (lactones) is 1. The Bertz CT molecular complexity index is 774. The van der Waals surface area contributed by atoms with Crippen LogP contribution in [0.1, 0.15) is 12.8 Å². The summed E-state index contributed by atoms with van der Waals surface area (Å²) in [5, 5.41) is 0. The van der Waals surface area contributed by atoms with Crippen LogP contribution in [0.25, 0.3) is 0 Å². The van der Waals surface area contributed by atoms with E-state index in [2.05, 4.69) is 4.74 Å². The van der Waals surface area contributed by atoms with Crippen LogP contribution >= 0.6 is 0 Å².